The first-order valence-corrected chi connectivity index (χ1v) is 6.53. The number of aryl methyl sites for hydroxylation is 1. The van der Waals surface area contributed by atoms with E-state index >= 15 is 0 Å². The highest BCUT2D eigenvalue weighted by Gasteiger charge is 2.15. The number of rotatable bonds is 4. The van der Waals surface area contributed by atoms with Crippen LogP contribution in [0.3, 0.4) is 0 Å². The maximum atomic E-state index is 4.24. The van der Waals surface area contributed by atoms with Gasteiger partial charge in [0, 0.05) is 18.5 Å². The summed E-state index contributed by atoms with van der Waals surface area (Å²) in [7, 11) is 1.99. The fraction of sp³-hybridized carbons (Fsp3) is 0.750. The molecule has 1 unspecified atom stereocenters. The molecule has 1 N–H and O–H groups in total. The summed E-state index contributed by atoms with van der Waals surface area (Å²) in [6.07, 6.45) is 2.98. The Bertz CT molecular complexity index is 319. The van der Waals surface area contributed by atoms with E-state index in [0.717, 1.165) is 17.4 Å². The van der Waals surface area contributed by atoms with Crippen molar-refractivity contribution < 1.29 is 0 Å². The molecule has 0 radical (unpaired) electrons. The zero-order valence-corrected chi connectivity index (χ0v) is 12.4. The maximum Gasteiger partial charge on any atom is 0.0635 e. The number of hydrogen-bond acceptors (Lipinski definition) is 2. The number of halogens is 1. The van der Waals surface area contributed by atoms with Gasteiger partial charge in [0.15, 0.2) is 0 Å². The molecule has 1 aromatic rings. The van der Waals surface area contributed by atoms with Gasteiger partial charge in [-0.3, -0.25) is 4.68 Å². The molecule has 0 fully saturated rings. The van der Waals surface area contributed by atoms with Crippen LogP contribution in [-0.2, 0) is 7.05 Å². The lowest BCUT2D eigenvalue weighted by Crippen LogP contribution is -2.36. The molecular formula is C12H22BrN3. The van der Waals surface area contributed by atoms with Gasteiger partial charge in [0.25, 0.3) is 0 Å². The van der Waals surface area contributed by atoms with Gasteiger partial charge in [-0.2, -0.15) is 5.10 Å². The molecule has 1 heterocycles. The van der Waals surface area contributed by atoms with Gasteiger partial charge in [-0.15, -0.1) is 0 Å². The zero-order valence-electron chi connectivity index (χ0n) is 10.8. The first kappa shape index (κ1) is 13.7. The number of hydrogen-bond donors (Lipinski definition) is 1. The lowest BCUT2D eigenvalue weighted by molar-refractivity contribution is 0.410. The average molecular weight is 288 g/mol. The highest BCUT2D eigenvalue weighted by molar-refractivity contribution is 9.10. The van der Waals surface area contributed by atoms with Crippen molar-refractivity contribution in [2.24, 2.45) is 7.05 Å². The number of nitrogens with one attached hydrogen (secondary N) is 1. The van der Waals surface area contributed by atoms with Crippen LogP contribution >= 0.6 is 15.9 Å². The fourth-order valence-electron chi connectivity index (χ4n) is 1.77. The van der Waals surface area contributed by atoms with Gasteiger partial charge in [-0.25, -0.2) is 0 Å². The predicted molar refractivity (Wildman–Crippen MR) is 71.7 cm³/mol. The minimum atomic E-state index is 0.198. The smallest absolute Gasteiger partial charge is 0.0635 e. The summed E-state index contributed by atoms with van der Waals surface area (Å²) < 4.78 is 3.06. The van der Waals surface area contributed by atoms with Gasteiger partial charge in [0.2, 0.25) is 0 Å². The first-order valence-electron chi connectivity index (χ1n) is 5.73. The maximum absolute atomic E-state index is 4.24. The van der Waals surface area contributed by atoms with E-state index in [2.05, 4.69) is 54.0 Å². The Morgan fingerprint density at radius 1 is 1.50 bits per heavy atom. The summed E-state index contributed by atoms with van der Waals surface area (Å²) in [5.41, 5.74) is 1.47. The van der Waals surface area contributed by atoms with Crippen molar-refractivity contribution in [1.29, 1.82) is 0 Å². The minimum Gasteiger partial charge on any atom is -0.312 e. The Labute approximate surface area is 107 Å². The molecule has 0 aliphatic heterocycles. The molecule has 1 rings (SSSR count). The van der Waals surface area contributed by atoms with Crippen molar-refractivity contribution in [2.75, 3.05) is 6.54 Å². The summed E-state index contributed by atoms with van der Waals surface area (Å²) in [6, 6.07) is 0. The average Bonchev–Trinajstić information content (AvgIpc) is 2.43. The normalized spacial score (nSPS) is 14.1. The lowest BCUT2D eigenvalue weighted by atomic mass is 10.0. The largest absolute Gasteiger partial charge is 0.312 e. The quantitative estimate of drug-likeness (QED) is 0.922. The molecule has 0 saturated carbocycles. The molecule has 1 aromatic heterocycles. The highest BCUT2D eigenvalue weighted by Crippen LogP contribution is 2.26. The fourth-order valence-corrected chi connectivity index (χ4v) is 2.51. The van der Waals surface area contributed by atoms with Gasteiger partial charge in [-0.1, -0.05) is 6.92 Å². The summed E-state index contributed by atoms with van der Waals surface area (Å²) in [4.78, 5) is 0. The van der Waals surface area contributed by atoms with Crippen LogP contribution in [0.2, 0.25) is 0 Å². The van der Waals surface area contributed by atoms with E-state index in [-0.39, 0.29) is 5.54 Å². The second-order valence-electron chi connectivity index (χ2n) is 5.37. The van der Waals surface area contributed by atoms with Crippen LogP contribution in [0.5, 0.6) is 0 Å². The third-order valence-electron chi connectivity index (χ3n) is 2.64. The van der Waals surface area contributed by atoms with Crippen molar-refractivity contribution in [3.63, 3.8) is 0 Å². The molecule has 16 heavy (non-hydrogen) atoms. The van der Waals surface area contributed by atoms with Gasteiger partial charge in [-0.05, 0) is 49.7 Å². The predicted octanol–water partition coefficient (Wildman–Crippen LogP) is 3.06. The van der Waals surface area contributed by atoms with E-state index in [1.165, 1.54) is 5.69 Å². The molecule has 3 nitrogen and oxygen atoms in total. The van der Waals surface area contributed by atoms with E-state index in [1.54, 1.807) is 0 Å². The molecule has 4 heteroatoms. The molecule has 0 saturated heterocycles. The molecule has 1 atom stereocenters. The van der Waals surface area contributed by atoms with E-state index in [1.807, 2.05) is 17.9 Å². The van der Waals surface area contributed by atoms with Crippen LogP contribution in [-0.4, -0.2) is 21.9 Å². The first-order chi connectivity index (χ1) is 7.31. The van der Waals surface area contributed by atoms with Crippen LogP contribution in [0.25, 0.3) is 0 Å². The van der Waals surface area contributed by atoms with Crippen molar-refractivity contribution in [3.05, 3.63) is 16.4 Å². The third kappa shape index (κ3) is 3.91. The van der Waals surface area contributed by atoms with E-state index in [4.69, 9.17) is 0 Å². The SMILES string of the molecule is CC(CCNC(C)(C)C)c1c(Br)cnn1C. The Balaban J connectivity index is 2.50. The summed E-state index contributed by atoms with van der Waals surface area (Å²) in [5.74, 6) is 0.511. The standard InChI is InChI=1S/C12H22BrN3/c1-9(6-7-14-12(2,3)4)11-10(13)8-15-16(11)5/h8-9,14H,6-7H2,1-5H3. The Hall–Kier alpha value is -0.350. The van der Waals surface area contributed by atoms with Gasteiger partial charge in [0.05, 0.1) is 16.4 Å². The lowest BCUT2D eigenvalue weighted by Gasteiger charge is -2.22. The van der Waals surface area contributed by atoms with Crippen molar-refractivity contribution in [2.45, 2.75) is 45.6 Å². The Morgan fingerprint density at radius 2 is 2.12 bits per heavy atom. The molecule has 92 valence electrons. The topological polar surface area (TPSA) is 29.9 Å². The van der Waals surface area contributed by atoms with Crippen LogP contribution < -0.4 is 5.32 Å². The molecule has 0 spiro atoms. The zero-order chi connectivity index (χ0) is 12.3. The van der Waals surface area contributed by atoms with Crippen molar-refractivity contribution >= 4 is 15.9 Å². The Morgan fingerprint density at radius 3 is 2.56 bits per heavy atom. The molecule has 0 amide bonds. The summed E-state index contributed by atoms with van der Waals surface area (Å²) in [6.45, 7) is 9.85. The van der Waals surface area contributed by atoms with Crippen LogP contribution in [0.4, 0.5) is 0 Å². The highest BCUT2D eigenvalue weighted by atomic mass is 79.9. The van der Waals surface area contributed by atoms with E-state index in [0.29, 0.717) is 5.92 Å². The monoisotopic (exact) mass is 287 g/mol. The minimum absolute atomic E-state index is 0.198. The van der Waals surface area contributed by atoms with E-state index < -0.39 is 0 Å². The summed E-state index contributed by atoms with van der Waals surface area (Å²) in [5, 5.41) is 7.75. The number of aromatic nitrogens is 2. The van der Waals surface area contributed by atoms with Gasteiger partial charge < -0.3 is 5.32 Å². The molecule has 0 bridgehead atoms. The number of nitrogens with zero attached hydrogens (tertiary/aromatic N) is 2. The molecule has 0 aromatic carbocycles. The molecule has 0 aliphatic rings. The van der Waals surface area contributed by atoms with Gasteiger partial charge in [0.1, 0.15) is 0 Å². The molecular weight excluding hydrogens is 266 g/mol. The molecule has 0 aliphatic carbocycles. The van der Waals surface area contributed by atoms with Crippen LogP contribution in [0.15, 0.2) is 10.7 Å². The third-order valence-corrected chi connectivity index (χ3v) is 3.25. The van der Waals surface area contributed by atoms with Gasteiger partial charge >= 0.3 is 0 Å². The van der Waals surface area contributed by atoms with Crippen LogP contribution in [0, 0.1) is 0 Å². The second-order valence-corrected chi connectivity index (χ2v) is 6.22. The summed E-state index contributed by atoms with van der Waals surface area (Å²) >= 11 is 3.55. The van der Waals surface area contributed by atoms with Crippen molar-refractivity contribution in [3.8, 4) is 0 Å². The van der Waals surface area contributed by atoms with Crippen molar-refractivity contribution in [1.82, 2.24) is 15.1 Å². The second kappa shape index (κ2) is 5.32. The van der Waals surface area contributed by atoms with Crippen LogP contribution in [0.1, 0.15) is 45.7 Å². The Kier molecular flexibility index (Phi) is 4.56. The van der Waals surface area contributed by atoms with E-state index in [9.17, 15) is 0 Å².